The van der Waals surface area contributed by atoms with Crippen LogP contribution in [0.25, 0.3) is 0 Å². The van der Waals surface area contributed by atoms with Crippen molar-refractivity contribution in [1.82, 2.24) is 4.98 Å². The van der Waals surface area contributed by atoms with Crippen LogP contribution in [-0.4, -0.2) is 23.3 Å². The molecule has 1 saturated carbocycles. The van der Waals surface area contributed by atoms with E-state index in [-0.39, 0.29) is 11.7 Å². The lowest BCUT2D eigenvalue weighted by Crippen LogP contribution is -2.31. The first-order valence-corrected chi connectivity index (χ1v) is 8.88. The first-order chi connectivity index (χ1) is 12.4. The van der Waals surface area contributed by atoms with Gasteiger partial charge < -0.3 is 10.1 Å². The Balaban J connectivity index is 1.46. The van der Waals surface area contributed by atoms with Crippen molar-refractivity contribution in [3.05, 3.63) is 53.9 Å². The average molecular weight is 364 g/mol. The molecule has 1 heterocycles. The number of aryl methyl sites for hydroxylation is 1. The third-order valence-electron chi connectivity index (χ3n) is 4.56. The van der Waals surface area contributed by atoms with Crippen molar-refractivity contribution in [1.29, 1.82) is 0 Å². The quantitative estimate of drug-likeness (QED) is 0.782. The summed E-state index contributed by atoms with van der Waals surface area (Å²) in [7, 11) is 0. The van der Waals surface area contributed by atoms with Crippen molar-refractivity contribution >= 4 is 5.69 Å². The maximum Gasteiger partial charge on any atom is 0.393 e. The maximum atomic E-state index is 12.4. The van der Waals surface area contributed by atoms with E-state index in [4.69, 9.17) is 4.74 Å². The first kappa shape index (κ1) is 18.5. The molecule has 1 fully saturated rings. The van der Waals surface area contributed by atoms with Crippen LogP contribution < -0.4 is 10.1 Å². The molecule has 1 N–H and O–H groups in total. The van der Waals surface area contributed by atoms with Gasteiger partial charge in [-0.3, -0.25) is 4.98 Å². The van der Waals surface area contributed by atoms with Gasteiger partial charge in [-0.05, 0) is 61.9 Å². The number of nitrogens with one attached hydrogen (secondary N) is 1. The number of alkyl halides is 3. The molecule has 0 spiro atoms. The summed E-state index contributed by atoms with van der Waals surface area (Å²) in [6, 6.07) is 8.83. The molecule has 26 heavy (non-hydrogen) atoms. The third kappa shape index (κ3) is 5.64. The summed E-state index contributed by atoms with van der Waals surface area (Å²) >= 11 is 0. The summed E-state index contributed by atoms with van der Waals surface area (Å²) in [5.74, 6) is 0.807. The van der Waals surface area contributed by atoms with Crippen LogP contribution in [0.1, 0.15) is 36.8 Å². The Morgan fingerprint density at radius 2 is 1.77 bits per heavy atom. The highest BCUT2D eigenvalue weighted by atomic mass is 19.4. The van der Waals surface area contributed by atoms with Crippen molar-refractivity contribution in [2.24, 2.45) is 0 Å². The fraction of sp³-hybridized carbons (Fsp3) is 0.450. The third-order valence-corrected chi connectivity index (χ3v) is 4.56. The molecule has 1 aromatic heterocycles. The van der Waals surface area contributed by atoms with Crippen molar-refractivity contribution in [3.8, 4) is 5.75 Å². The molecule has 0 radical (unpaired) electrons. The van der Waals surface area contributed by atoms with Gasteiger partial charge in [0.15, 0.2) is 0 Å². The van der Waals surface area contributed by atoms with Gasteiger partial charge in [0.05, 0.1) is 18.7 Å². The fourth-order valence-corrected chi connectivity index (χ4v) is 3.30. The largest absolute Gasteiger partial charge is 0.489 e. The molecule has 0 unspecified atom stereocenters. The van der Waals surface area contributed by atoms with Crippen LogP contribution in [0, 0.1) is 6.92 Å². The molecule has 6 heteroatoms. The molecule has 0 bridgehead atoms. The zero-order valence-electron chi connectivity index (χ0n) is 14.7. The summed E-state index contributed by atoms with van der Waals surface area (Å²) in [5.41, 5.74) is 2.22. The molecule has 0 amide bonds. The lowest BCUT2D eigenvalue weighted by molar-refractivity contribution is -0.127. The number of anilines is 1. The monoisotopic (exact) mass is 364 g/mol. The molecule has 0 saturated heterocycles. The van der Waals surface area contributed by atoms with E-state index >= 15 is 0 Å². The van der Waals surface area contributed by atoms with Gasteiger partial charge in [-0.15, -0.1) is 0 Å². The number of hydrogen-bond acceptors (Lipinski definition) is 3. The Morgan fingerprint density at radius 1 is 1.08 bits per heavy atom. The normalized spacial score (nSPS) is 20.6. The zero-order valence-corrected chi connectivity index (χ0v) is 14.7. The van der Waals surface area contributed by atoms with E-state index in [0.29, 0.717) is 6.04 Å². The summed E-state index contributed by atoms with van der Waals surface area (Å²) in [4.78, 5) is 4.14. The van der Waals surface area contributed by atoms with Crippen molar-refractivity contribution in [2.75, 3.05) is 5.32 Å². The molecule has 1 aromatic carbocycles. The number of nitrogens with zero attached hydrogens (tertiary/aromatic N) is 1. The standard InChI is InChI=1S/C20H23F3N2O/c1-14-10-19(13-24-12-14)26-18-8-6-17(7-9-18)25-16-4-2-15(3-5-16)11-20(21,22)23/h2-5,10,12-13,17-18,25H,6-9,11H2,1H3. The molecule has 0 atom stereocenters. The van der Waals surface area contributed by atoms with Gasteiger partial charge in [-0.1, -0.05) is 12.1 Å². The molecule has 0 aliphatic heterocycles. The minimum absolute atomic E-state index is 0.186. The van der Waals surface area contributed by atoms with E-state index < -0.39 is 12.6 Å². The highest BCUT2D eigenvalue weighted by Crippen LogP contribution is 2.27. The summed E-state index contributed by atoms with van der Waals surface area (Å²) in [6.07, 6.45) is 2.49. The molecule has 1 aliphatic rings. The van der Waals surface area contributed by atoms with Gasteiger partial charge >= 0.3 is 6.18 Å². The van der Waals surface area contributed by atoms with E-state index in [1.165, 1.54) is 12.1 Å². The summed E-state index contributed by atoms with van der Waals surface area (Å²) in [5, 5.41) is 3.42. The predicted octanol–water partition coefficient (Wildman–Crippen LogP) is 5.30. The van der Waals surface area contributed by atoms with Crippen LogP contribution in [0.5, 0.6) is 5.75 Å². The summed E-state index contributed by atoms with van der Waals surface area (Å²) in [6.45, 7) is 1.99. The number of ether oxygens (including phenoxy) is 1. The number of halogens is 3. The molecule has 3 rings (SSSR count). The molecule has 2 aromatic rings. The predicted molar refractivity (Wildman–Crippen MR) is 95.5 cm³/mol. The van der Waals surface area contributed by atoms with Gasteiger partial charge in [-0.25, -0.2) is 0 Å². The smallest absolute Gasteiger partial charge is 0.393 e. The highest BCUT2D eigenvalue weighted by molar-refractivity contribution is 5.45. The number of pyridine rings is 1. The Hall–Kier alpha value is -2.24. The van der Waals surface area contributed by atoms with E-state index in [1.54, 1.807) is 24.5 Å². The van der Waals surface area contributed by atoms with Crippen molar-refractivity contribution in [2.45, 2.75) is 57.3 Å². The van der Waals surface area contributed by atoms with Gasteiger partial charge in [-0.2, -0.15) is 13.2 Å². The number of rotatable bonds is 5. The van der Waals surface area contributed by atoms with E-state index in [0.717, 1.165) is 42.7 Å². The molecular weight excluding hydrogens is 341 g/mol. The minimum Gasteiger partial charge on any atom is -0.489 e. The van der Waals surface area contributed by atoms with E-state index in [2.05, 4.69) is 10.3 Å². The second-order valence-corrected chi connectivity index (χ2v) is 6.92. The Labute approximate surface area is 151 Å². The van der Waals surface area contributed by atoms with Gasteiger partial charge in [0.1, 0.15) is 5.75 Å². The number of aromatic nitrogens is 1. The minimum atomic E-state index is -4.17. The van der Waals surface area contributed by atoms with E-state index in [9.17, 15) is 13.2 Å². The topological polar surface area (TPSA) is 34.1 Å². The van der Waals surface area contributed by atoms with Gasteiger partial charge in [0.2, 0.25) is 0 Å². The lowest BCUT2D eigenvalue weighted by atomic mass is 9.92. The Morgan fingerprint density at radius 3 is 2.38 bits per heavy atom. The summed E-state index contributed by atoms with van der Waals surface area (Å²) < 4.78 is 43.2. The van der Waals surface area contributed by atoms with Crippen molar-refractivity contribution < 1.29 is 17.9 Å². The van der Waals surface area contributed by atoms with Crippen LogP contribution >= 0.6 is 0 Å². The molecule has 1 aliphatic carbocycles. The number of hydrogen-bond donors (Lipinski definition) is 1. The number of benzene rings is 1. The molecule has 3 nitrogen and oxygen atoms in total. The average Bonchev–Trinajstić information content (AvgIpc) is 2.57. The lowest BCUT2D eigenvalue weighted by Gasteiger charge is -2.30. The second kappa shape index (κ2) is 7.98. The first-order valence-electron chi connectivity index (χ1n) is 8.88. The van der Waals surface area contributed by atoms with Crippen LogP contribution in [-0.2, 0) is 6.42 Å². The second-order valence-electron chi connectivity index (χ2n) is 6.92. The maximum absolute atomic E-state index is 12.4. The van der Waals surface area contributed by atoms with Crippen LogP contribution in [0.3, 0.4) is 0 Å². The van der Waals surface area contributed by atoms with Crippen molar-refractivity contribution in [3.63, 3.8) is 0 Å². The highest BCUT2D eigenvalue weighted by Gasteiger charge is 2.27. The Bertz CT molecular complexity index is 708. The van der Waals surface area contributed by atoms with Crippen LogP contribution in [0.2, 0.25) is 0 Å². The van der Waals surface area contributed by atoms with Crippen LogP contribution in [0.4, 0.5) is 18.9 Å². The van der Waals surface area contributed by atoms with Gasteiger partial charge in [0, 0.05) is 17.9 Å². The fourth-order valence-electron chi connectivity index (χ4n) is 3.30. The van der Waals surface area contributed by atoms with Gasteiger partial charge in [0.25, 0.3) is 0 Å². The molecule has 140 valence electrons. The Kier molecular flexibility index (Phi) is 5.69. The van der Waals surface area contributed by atoms with Crippen LogP contribution in [0.15, 0.2) is 42.7 Å². The molecular formula is C20H23F3N2O. The SMILES string of the molecule is Cc1cncc(OC2CCC(Nc3ccc(CC(F)(F)F)cc3)CC2)c1. The zero-order chi connectivity index (χ0) is 18.6. The van der Waals surface area contributed by atoms with E-state index in [1.807, 2.05) is 13.0 Å².